The molecule has 0 aromatic heterocycles. The van der Waals surface area contributed by atoms with Gasteiger partial charge >= 0.3 is 0 Å². The van der Waals surface area contributed by atoms with E-state index < -0.39 is 0 Å². The summed E-state index contributed by atoms with van der Waals surface area (Å²) in [4.78, 5) is 0. The third-order valence-corrected chi connectivity index (χ3v) is 7.15. The zero-order valence-electron chi connectivity index (χ0n) is 10.9. The van der Waals surface area contributed by atoms with E-state index in [1.165, 1.54) is 32.1 Å². The average Bonchev–Trinajstić information content (AvgIpc) is 2.66. The fourth-order valence-electron chi connectivity index (χ4n) is 5.98. The highest BCUT2D eigenvalue weighted by Gasteiger charge is 2.68. The Kier molecular flexibility index (Phi) is 1.78. The van der Waals surface area contributed by atoms with E-state index in [9.17, 15) is 0 Å². The van der Waals surface area contributed by atoms with E-state index in [0.29, 0.717) is 16.2 Å². The predicted octanol–water partition coefficient (Wildman–Crippen LogP) is 4.64. The summed E-state index contributed by atoms with van der Waals surface area (Å²) in [5, 5.41) is 0. The van der Waals surface area contributed by atoms with Crippen LogP contribution in [0.5, 0.6) is 0 Å². The largest absolute Gasteiger partial charge is 0.0617 e. The van der Waals surface area contributed by atoms with E-state index in [1.807, 2.05) is 0 Å². The first kappa shape index (κ1) is 10.2. The van der Waals surface area contributed by atoms with E-state index in [0.717, 1.165) is 11.8 Å². The molecule has 3 fully saturated rings. The van der Waals surface area contributed by atoms with Crippen molar-refractivity contribution in [1.82, 2.24) is 0 Å². The molecule has 1 spiro atoms. The maximum Gasteiger partial charge on any atom is -0.0187 e. The van der Waals surface area contributed by atoms with Gasteiger partial charge in [-0.25, -0.2) is 0 Å². The van der Waals surface area contributed by atoms with Crippen molar-refractivity contribution in [2.24, 2.45) is 28.1 Å². The van der Waals surface area contributed by atoms with Crippen molar-refractivity contribution in [2.45, 2.75) is 66.2 Å². The van der Waals surface area contributed by atoms with Gasteiger partial charge in [0.1, 0.15) is 0 Å². The molecule has 0 saturated heterocycles. The maximum absolute atomic E-state index is 2.62. The standard InChI is InChI=1S/C15H26/c1-11-12-6-9-15(10-12)13(2,3)7-5-8-14(11,15)4/h11-12H,5-10H2,1-4H3. The normalized spacial score (nSPS) is 56.8. The number of hydrogen-bond donors (Lipinski definition) is 0. The molecule has 4 atom stereocenters. The second kappa shape index (κ2) is 2.63. The average molecular weight is 206 g/mol. The topological polar surface area (TPSA) is 0 Å². The molecular weight excluding hydrogens is 180 g/mol. The molecule has 0 amide bonds. The van der Waals surface area contributed by atoms with Crippen LogP contribution in [0.15, 0.2) is 0 Å². The van der Waals surface area contributed by atoms with Gasteiger partial charge in [0.15, 0.2) is 0 Å². The van der Waals surface area contributed by atoms with Crippen LogP contribution in [0.1, 0.15) is 66.2 Å². The van der Waals surface area contributed by atoms with Crippen LogP contribution in [0, 0.1) is 28.1 Å². The maximum atomic E-state index is 2.62. The molecule has 0 radical (unpaired) electrons. The lowest BCUT2D eigenvalue weighted by molar-refractivity contribution is -0.107. The summed E-state index contributed by atoms with van der Waals surface area (Å²) in [6, 6.07) is 0. The van der Waals surface area contributed by atoms with Crippen molar-refractivity contribution in [2.75, 3.05) is 0 Å². The SMILES string of the molecule is CC1C2CCC3(C2)C(C)(C)CCCC13C. The Morgan fingerprint density at radius 3 is 2.40 bits per heavy atom. The Morgan fingerprint density at radius 2 is 1.73 bits per heavy atom. The Morgan fingerprint density at radius 1 is 1.00 bits per heavy atom. The number of fused-ring (bicyclic) bond motifs is 1. The molecule has 0 N–H and O–H groups in total. The molecule has 0 heteroatoms. The van der Waals surface area contributed by atoms with Crippen LogP contribution < -0.4 is 0 Å². The summed E-state index contributed by atoms with van der Waals surface area (Å²) in [5.41, 5.74) is 2.00. The second-order valence-electron chi connectivity index (χ2n) is 7.53. The summed E-state index contributed by atoms with van der Waals surface area (Å²) >= 11 is 0. The molecule has 3 rings (SSSR count). The number of hydrogen-bond acceptors (Lipinski definition) is 0. The van der Waals surface area contributed by atoms with Gasteiger partial charge in [-0.05, 0) is 60.2 Å². The molecule has 3 aliphatic carbocycles. The van der Waals surface area contributed by atoms with Gasteiger partial charge in [0.05, 0.1) is 0 Å². The summed E-state index contributed by atoms with van der Waals surface area (Å²) < 4.78 is 0. The van der Waals surface area contributed by atoms with Crippen LogP contribution >= 0.6 is 0 Å². The van der Waals surface area contributed by atoms with Crippen molar-refractivity contribution >= 4 is 0 Å². The minimum atomic E-state index is 0.611. The van der Waals surface area contributed by atoms with Crippen molar-refractivity contribution in [3.05, 3.63) is 0 Å². The summed E-state index contributed by atoms with van der Waals surface area (Å²) in [7, 11) is 0. The molecule has 15 heavy (non-hydrogen) atoms. The Balaban J connectivity index is 2.11. The first-order chi connectivity index (χ1) is 6.93. The van der Waals surface area contributed by atoms with Gasteiger partial charge < -0.3 is 0 Å². The third-order valence-electron chi connectivity index (χ3n) is 7.15. The van der Waals surface area contributed by atoms with Crippen LogP contribution in [0.25, 0.3) is 0 Å². The van der Waals surface area contributed by atoms with Crippen LogP contribution in [-0.4, -0.2) is 0 Å². The van der Waals surface area contributed by atoms with Crippen LogP contribution in [0.2, 0.25) is 0 Å². The van der Waals surface area contributed by atoms with Crippen molar-refractivity contribution in [1.29, 1.82) is 0 Å². The first-order valence-electron chi connectivity index (χ1n) is 6.93. The van der Waals surface area contributed by atoms with Crippen molar-refractivity contribution < 1.29 is 0 Å². The quantitative estimate of drug-likeness (QED) is 0.541. The van der Waals surface area contributed by atoms with E-state index >= 15 is 0 Å². The summed E-state index contributed by atoms with van der Waals surface area (Å²) in [6.07, 6.45) is 9.07. The molecule has 3 aliphatic rings. The zero-order valence-corrected chi connectivity index (χ0v) is 10.9. The van der Waals surface area contributed by atoms with Gasteiger partial charge in [-0.15, -0.1) is 0 Å². The van der Waals surface area contributed by atoms with E-state index in [2.05, 4.69) is 27.7 Å². The lowest BCUT2D eigenvalue weighted by Gasteiger charge is -2.60. The first-order valence-corrected chi connectivity index (χ1v) is 6.93. The van der Waals surface area contributed by atoms with Crippen molar-refractivity contribution in [3.8, 4) is 0 Å². The highest BCUT2D eigenvalue weighted by molar-refractivity contribution is 5.17. The minimum absolute atomic E-state index is 0.611. The smallest absolute Gasteiger partial charge is 0.0187 e. The number of rotatable bonds is 0. The molecule has 2 bridgehead atoms. The minimum Gasteiger partial charge on any atom is -0.0617 e. The lowest BCUT2D eigenvalue weighted by atomic mass is 9.45. The highest BCUT2D eigenvalue weighted by Crippen LogP contribution is 2.77. The fourth-order valence-corrected chi connectivity index (χ4v) is 5.98. The van der Waals surface area contributed by atoms with Crippen LogP contribution in [0.3, 0.4) is 0 Å². The molecule has 0 aromatic rings. The molecule has 3 saturated carbocycles. The second-order valence-corrected chi connectivity index (χ2v) is 7.53. The van der Waals surface area contributed by atoms with Gasteiger partial charge in [-0.3, -0.25) is 0 Å². The van der Waals surface area contributed by atoms with Gasteiger partial charge in [0.25, 0.3) is 0 Å². The van der Waals surface area contributed by atoms with Gasteiger partial charge in [0, 0.05) is 0 Å². The monoisotopic (exact) mass is 206 g/mol. The van der Waals surface area contributed by atoms with Crippen LogP contribution in [0.4, 0.5) is 0 Å². The zero-order chi connectivity index (χ0) is 10.9. The molecular formula is C15H26. The Labute approximate surface area is 94.8 Å². The Hall–Kier alpha value is 0. The van der Waals surface area contributed by atoms with Gasteiger partial charge in [0.2, 0.25) is 0 Å². The molecule has 86 valence electrons. The highest BCUT2D eigenvalue weighted by atomic mass is 14.7. The molecule has 0 aliphatic heterocycles. The predicted molar refractivity (Wildman–Crippen MR) is 64.7 cm³/mol. The van der Waals surface area contributed by atoms with Gasteiger partial charge in [-0.1, -0.05) is 34.1 Å². The third kappa shape index (κ3) is 0.913. The molecule has 4 unspecified atom stereocenters. The Bertz CT molecular complexity index is 290. The van der Waals surface area contributed by atoms with E-state index in [4.69, 9.17) is 0 Å². The van der Waals surface area contributed by atoms with E-state index in [1.54, 1.807) is 6.42 Å². The fraction of sp³-hybridized carbons (Fsp3) is 1.00. The lowest BCUT2D eigenvalue weighted by Crippen LogP contribution is -2.52. The van der Waals surface area contributed by atoms with Gasteiger partial charge in [-0.2, -0.15) is 0 Å². The summed E-state index contributed by atoms with van der Waals surface area (Å²) in [6.45, 7) is 10.3. The van der Waals surface area contributed by atoms with Crippen LogP contribution in [-0.2, 0) is 0 Å². The summed E-state index contributed by atoms with van der Waals surface area (Å²) in [5.74, 6) is 2.05. The van der Waals surface area contributed by atoms with Crippen molar-refractivity contribution in [3.63, 3.8) is 0 Å². The molecule has 0 heterocycles. The van der Waals surface area contributed by atoms with E-state index in [-0.39, 0.29) is 0 Å². The molecule has 0 nitrogen and oxygen atoms in total. The molecule has 0 aromatic carbocycles.